The number of hydrogen-bond acceptors (Lipinski definition) is 5. The van der Waals surface area contributed by atoms with Crippen LogP contribution in [0.4, 0.5) is 0 Å². The van der Waals surface area contributed by atoms with Crippen LogP contribution in [0.5, 0.6) is 11.5 Å². The zero-order chi connectivity index (χ0) is 23.3. The number of aliphatic hydroxyl groups is 1. The lowest BCUT2D eigenvalue weighted by atomic mass is 10.1. The van der Waals surface area contributed by atoms with Crippen LogP contribution in [0.3, 0.4) is 0 Å². The zero-order valence-electron chi connectivity index (χ0n) is 19.9. The van der Waals surface area contributed by atoms with Crippen molar-refractivity contribution in [2.45, 2.75) is 64.9 Å². The van der Waals surface area contributed by atoms with Crippen molar-refractivity contribution in [3.63, 3.8) is 0 Å². The molecule has 0 radical (unpaired) electrons. The third-order valence-corrected chi connectivity index (χ3v) is 5.54. The van der Waals surface area contributed by atoms with Crippen LogP contribution in [-0.2, 0) is 6.42 Å². The second kappa shape index (κ2) is 13.6. The van der Waals surface area contributed by atoms with Gasteiger partial charge in [-0.25, -0.2) is 9.97 Å². The first-order valence-electron chi connectivity index (χ1n) is 12.1. The minimum absolute atomic E-state index is 0.162. The van der Waals surface area contributed by atoms with Crippen LogP contribution in [0.1, 0.15) is 56.6 Å². The van der Waals surface area contributed by atoms with Crippen molar-refractivity contribution >= 4 is 0 Å². The molecule has 1 N–H and O–H groups in total. The summed E-state index contributed by atoms with van der Waals surface area (Å²) in [7, 11) is 0. The molecule has 0 aliphatic carbocycles. The second-order valence-corrected chi connectivity index (χ2v) is 8.55. The first-order valence-corrected chi connectivity index (χ1v) is 12.1. The minimum atomic E-state index is -0.714. The Morgan fingerprint density at radius 2 is 1.30 bits per heavy atom. The van der Waals surface area contributed by atoms with Crippen LogP contribution in [0.25, 0.3) is 11.4 Å². The van der Waals surface area contributed by atoms with Crippen molar-refractivity contribution in [3.05, 3.63) is 72.1 Å². The average molecular weight is 449 g/mol. The molecule has 2 aromatic carbocycles. The maximum atomic E-state index is 10.1. The number of ether oxygens (including phenoxy) is 2. The lowest BCUT2D eigenvalue weighted by Crippen LogP contribution is -2.25. The highest BCUT2D eigenvalue weighted by Gasteiger charge is 2.08. The van der Waals surface area contributed by atoms with Gasteiger partial charge in [-0.15, -0.1) is 0 Å². The Hall–Kier alpha value is -2.92. The largest absolute Gasteiger partial charge is 0.491 e. The van der Waals surface area contributed by atoms with Crippen LogP contribution < -0.4 is 9.47 Å². The van der Waals surface area contributed by atoms with Gasteiger partial charge in [0.25, 0.3) is 0 Å². The van der Waals surface area contributed by atoms with Crippen LogP contribution in [0.15, 0.2) is 60.9 Å². The van der Waals surface area contributed by atoms with Gasteiger partial charge in [-0.2, -0.15) is 0 Å². The molecule has 1 atom stereocenters. The molecule has 5 heteroatoms. The van der Waals surface area contributed by atoms with Crippen molar-refractivity contribution in [1.82, 2.24) is 9.97 Å². The van der Waals surface area contributed by atoms with Crippen LogP contribution in [0.2, 0.25) is 0 Å². The zero-order valence-corrected chi connectivity index (χ0v) is 19.9. The van der Waals surface area contributed by atoms with E-state index in [0.717, 1.165) is 17.7 Å². The third kappa shape index (κ3) is 8.85. The van der Waals surface area contributed by atoms with Crippen LogP contribution >= 0.6 is 0 Å². The standard InChI is InChI=1S/C28H36N2O3/c1-3-4-5-6-7-8-9-23-18-29-28(30-19-23)24-12-16-27(17-13-24)33-21-25(31)20-32-26-14-10-22(2)11-15-26/h10-19,25,31H,3-9,20-21H2,1-2H3/t25-/m0/s1. The molecule has 0 aliphatic heterocycles. The SMILES string of the molecule is CCCCCCCCc1cnc(-c2ccc(OC[C@@H](O)COc3ccc(C)cc3)cc2)nc1. The second-order valence-electron chi connectivity index (χ2n) is 8.55. The van der Waals surface area contributed by atoms with Crippen LogP contribution in [0, 0.1) is 6.92 Å². The van der Waals surface area contributed by atoms with Gasteiger partial charge in [0, 0.05) is 18.0 Å². The van der Waals surface area contributed by atoms with E-state index in [-0.39, 0.29) is 13.2 Å². The fraction of sp³-hybridized carbons (Fsp3) is 0.429. The molecule has 1 heterocycles. The number of rotatable bonds is 14. The molecule has 0 fully saturated rings. The van der Waals surface area contributed by atoms with E-state index < -0.39 is 6.10 Å². The Balaban J connectivity index is 1.39. The number of nitrogens with zero attached hydrogens (tertiary/aromatic N) is 2. The van der Waals surface area contributed by atoms with E-state index in [0.29, 0.717) is 11.6 Å². The summed E-state index contributed by atoms with van der Waals surface area (Å²) < 4.78 is 11.3. The highest BCUT2D eigenvalue weighted by molar-refractivity contribution is 5.55. The van der Waals surface area contributed by atoms with Gasteiger partial charge in [-0.3, -0.25) is 0 Å². The monoisotopic (exact) mass is 448 g/mol. The molecule has 3 aromatic rings. The quantitative estimate of drug-likeness (QED) is 0.299. The predicted molar refractivity (Wildman–Crippen MR) is 133 cm³/mol. The van der Waals surface area contributed by atoms with E-state index in [1.54, 1.807) is 0 Å². The molecule has 0 bridgehead atoms. The van der Waals surface area contributed by atoms with Crippen molar-refractivity contribution in [2.24, 2.45) is 0 Å². The first kappa shape index (κ1) is 24.7. The van der Waals surface area contributed by atoms with Gasteiger partial charge in [0.1, 0.15) is 30.8 Å². The van der Waals surface area contributed by atoms with Gasteiger partial charge in [0.2, 0.25) is 0 Å². The smallest absolute Gasteiger partial charge is 0.159 e. The molecule has 5 nitrogen and oxygen atoms in total. The minimum Gasteiger partial charge on any atom is -0.491 e. The molecule has 3 rings (SSSR count). The molecule has 176 valence electrons. The van der Waals surface area contributed by atoms with Crippen molar-refractivity contribution in [2.75, 3.05) is 13.2 Å². The Morgan fingerprint density at radius 3 is 1.91 bits per heavy atom. The van der Waals surface area contributed by atoms with E-state index in [1.807, 2.05) is 67.8 Å². The van der Waals surface area contributed by atoms with E-state index >= 15 is 0 Å². The molecular formula is C28H36N2O3. The average Bonchev–Trinajstić information content (AvgIpc) is 2.85. The number of aliphatic hydroxyl groups excluding tert-OH is 1. The molecular weight excluding hydrogens is 412 g/mol. The summed E-state index contributed by atoms with van der Waals surface area (Å²) in [6.45, 7) is 4.61. The predicted octanol–water partition coefficient (Wildman–Crippen LogP) is 6.17. The summed E-state index contributed by atoms with van der Waals surface area (Å²) in [5.41, 5.74) is 3.30. The van der Waals surface area contributed by atoms with Gasteiger partial charge >= 0.3 is 0 Å². The normalized spacial score (nSPS) is 11.8. The van der Waals surface area contributed by atoms with Gasteiger partial charge < -0.3 is 14.6 Å². The van der Waals surface area contributed by atoms with Crippen molar-refractivity contribution < 1.29 is 14.6 Å². The summed E-state index contributed by atoms with van der Waals surface area (Å²) in [4.78, 5) is 9.06. The van der Waals surface area contributed by atoms with Gasteiger partial charge in [-0.1, -0.05) is 56.7 Å². The number of benzene rings is 2. The molecule has 0 amide bonds. The van der Waals surface area contributed by atoms with E-state index in [1.165, 1.54) is 49.7 Å². The molecule has 1 aromatic heterocycles. The van der Waals surface area contributed by atoms with E-state index in [2.05, 4.69) is 16.9 Å². The Morgan fingerprint density at radius 1 is 0.758 bits per heavy atom. The lowest BCUT2D eigenvalue weighted by Gasteiger charge is -2.14. The number of hydrogen-bond donors (Lipinski definition) is 1. The van der Waals surface area contributed by atoms with Gasteiger partial charge in [-0.05, 0) is 61.7 Å². The summed E-state index contributed by atoms with van der Waals surface area (Å²) in [5.74, 6) is 2.13. The maximum Gasteiger partial charge on any atom is 0.159 e. The Kier molecular flexibility index (Phi) is 10.2. The number of aryl methyl sites for hydroxylation is 2. The molecule has 0 saturated carbocycles. The van der Waals surface area contributed by atoms with Gasteiger partial charge in [0.05, 0.1) is 0 Å². The summed E-state index contributed by atoms with van der Waals surface area (Å²) in [5, 5.41) is 10.1. The third-order valence-electron chi connectivity index (χ3n) is 5.54. The van der Waals surface area contributed by atoms with Crippen LogP contribution in [-0.4, -0.2) is 34.4 Å². The summed E-state index contributed by atoms with van der Waals surface area (Å²) in [6.07, 6.45) is 11.9. The molecule has 0 aliphatic rings. The first-order chi connectivity index (χ1) is 16.1. The van der Waals surface area contributed by atoms with Crippen molar-refractivity contribution in [3.8, 4) is 22.9 Å². The fourth-order valence-corrected chi connectivity index (χ4v) is 3.51. The Labute approximate surface area is 197 Å². The highest BCUT2D eigenvalue weighted by Crippen LogP contribution is 2.20. The summed E-state index contributed by atoms with van der Waals surface area (Å²) in [6, 6.07) is 15.4. The Bertz CT molecular complexity index is 925. The maximum absolute atomic E-state index is 10.1. The van der Waals surface area contributed by atoms with E-state index in [9.17, 15) is 5.11 Å². The molecule has 0 saturated heterocycles. The summed E-state index contributed by atoms with van der Waals surface area (Å²) >= 11 is 0. The fourth-order valence-electron chi connectivity index (χ4n) is 3.51. The van der Waals surface area contributed by atoms with Gasteiger partial charge in [0.15, 0.2) is 5.82 Å². The lowest BCUT2D eigenvalue weighted by molar-refractivity contribution is 0.0626. The number of aromatic nitrogens is 2. The highest BCUT2D eigenvalue weighted by atomic mass is 16.5. The molecule has 0 spiro atoms. The topological polar surface area (TPSA) is 64.5 Å². The molecule has 33 heavy (non-hydrogen) atoms. The van der Waals surface area contributed by atoms with E-state index in [4.69, 9.17) is 9.47 Å². The number of unbranched alkanes of at least 4 members (excludes halogenated alkanes) is 5. The molecule has 0 unspecified atom stereocenters. The van der Waals surface area contributed by atoms with Crippen molar-refractivity contribution in [1.29, 1.82) is 0 Å².